The van der Waals surface area contributed by atoms with Crippen LogP contribution in [0.5, 0.6) is 5.75 Å². The molecule has 1 aromatic heterocycles. The highest BCUT2D eigenvalue weighted by Gasteiger charge is 2.14. The van der Waals surface area contributed by atoms with Gasteiger partial charge in [-0.05, 0) is 5.56 Å². The van der Waals surface area contributed by atoms with Gasteiger partial charge in [0, 0.05) is 25.9 Å². The predicted octanol–water partition coefficient (Wildman–Crippen LogP) is 1.66. The zero-order valence-electron chi connectivity index (χ0n) is 11.4. The molecule has 2 rings (SSSR count). The summed E-state index contributed by atoms with van der Waals surface area (Å²) < 4.78 is 4.87. The van der Waals surface area contributed by atoms with E-state index in [1.54, 1.807) is 11.9 Å². The Morgan fingerprint density at radius 3 is 2.60 bits per heavy atom. The van der Waals surface area contributed by atoms with E-state index in [2.05, 4.69) is 4.98 Å². The van der Waals surface area contributed by atoms with Crippen LogP contribution < -0.4 is 10.2 Å². The van der Waals surface area contributed by atoms with Crippen LogP contribution in [0.3, 0.4) is 0 Å². The number of carbonyl (C=O) groups is 1. The summed E-state index contributed by atoms with van der Waals surface area (Å²) in [6, 6.07) is 10.9. The SMILES string of the molecule is COc1c[nH]c(C(=O)N(C)Cc2ccccc2)cc1=O. The number of hydrogen-bond acceptors (Lipinski definition) is 3. The summed E-state index contributed by atoms with van der Waals surface area (Å²) in [7, 11) is 3.10. The molecule has 20 heavy (non-hydrogen) atoms. The van der Waals surface area contributed by atoms with Crippen LogP contribution in [0.25, 0.3) is 0 Å². The van der Waals surface area contributed by atoms with Crippen LogP contribution in [0.1, 0.15) is 16.1 Å². The zero-order valence-corrected chi connectivity index (χ0v) is 11.4. The van der Waals surface area contributed by atoms with Gasteiger partial charge in [-0.2, -0.15) is 0 Å². The van der Waals surface area contributed by atoms with Gasteiger partial charge < -0.3 is 14.6 Å². The number of rotatable bonds is 4. The molecule has 5 heteroatoms. The maximum Gasteiger partial charge on any atom is 0.270 e. The summed E-state index contributed by atoms with van der Waals surface area (Å²) in [6.07, 6.45) is 1.39. The summed E-state index contributed by atoms with van der Waals surface area (Å²) in [5, 5.41) is 0. The van der Waals surface area contributed by atoms with Gasteiger partial charge in [0.1, 0.15) is 5.69 Å². The Hall–Kier alpha value is -2.56. The van der Waals surface area contributed by atoms with Crippen molar-refractivity contribution in [3.63, 3.8) is 0 Å². The van der Waals surface area contributed by atoms with Gasteiger partial charge in [0.2, 0.25) is 5.43 Å². The van der Waals surface area contributed by atoms with Crippen molar-refractivity contribution in [2.45, 2.75) is 6.54 Å². The quantitative estimate of drug-likeness (QED) is 0.920. The molecular formula is C15H16N2O3. The Morgan fingerprint density at radius 2 is 2.00 bits per heavy atom. The van der Waals surface area contributed by atoms with Crippen LogP contribution in [0, 0.1) is 0 Å². The number of nitrogens with one attached hydrogen (secondary N) is 1. The van der Waals surface area contributed by atoms with Crippen molar-refractivity contribution in [1.82, 2.24) is 9.88 Å². The Morgan fingerprint density at radius 1 is 1.30 bits per heavy atom. The normalized spacial score (nSPS) is 10.1. The average molecular weight is 272 g/mol. The number of hydrogen-bond donors (Lipinski definition) is 1. The number of aromatic nitrogens is 1. The third-order valence-electron chi connectivity index (χ3n) is 2.94. The smallest absolute Gasteiger partial charge is 0.270 e. The monoisotopic (exact) mass is 272 g/mol. The lowest BCUT2D eigenvalue weighted by Gasteiger charge is -2.17. The van der Waals surface area contributed by atoms with Crippen molar-refractivity contribution < 1.29 is 9.53 Å². The van der Waals surface area contributed by atoms with Gasteiger partial charge in [0.25, 0.3) is 5.91 Å². The van der Waals surface area contributed by atoms with Crippen LogP contribution in [-0.4, -0.2) is 29.9 Å². The first-order chi connectivity index (χ1) is 9.61. The highest BCUT2D eigenvalue weighted by atomic mass is 16.5. The molecule has 0 unspecified atom stereocenters. The number of nitrogens with zero attached hydrogens (tertiary/aromatic N) is 1. The van der Waals surface area contributed by atoms with E-state index in [0.29, 0.717) is 6.54 Å². The molecule has 5 nitrogen and oxygen atoms in total. The van der Waals surface area contributed by atoms with E-state index >= 15 is 0 Å². The minimum absolute atomic E-state index is 0.187. The van der Waals surface area contributed by atoms with Crippen LogP contribution in [0.4, 0.5) is 0 Å². The standard InChI is InChI=1S/C15H16N2O3/c1-17(10-11-6-4-3-5-7-11)15(19)12-8-13(18)14(20-2)9-16-12/h3-9H,10H2,1-2H3,(H,16,18). The van der Waals surface area contributed by atoms with Crippen LogP contribution in [-0.2, 0) is 6.54 Å². The van der Waals surface area contributed by atoms with Gasteiger partial charge >= 0.3 is 0 Å². The molecule has 1 heterocycles. The summed E-state index contributed by atoms with van der Waals surface area (Å²) in [6.45, 7) is 0.480. The third kappa shape index (κ3) is 3.06. The minimum atomic E-state index is -0.317. The summed E-state index contributed by atoms with van der Waals surface area (Å²) in [5.41, 5.74) is 0.955. The van der Waals surface area contributed by atoms with Crippen molar-refractivity contribution in [3.8, 4) is 5.75 Å². The number of H-pyrrole nitrogens is 1. The molecule has 1 amide bonds. The molecule has 2 aromatic rings. The largest absolute Gasteiger partial charge is 0.491 e. The first-order valence-electron chi connectivity index (χ1n) is 6.18. The highest BCUT2D eigenvalue weighted by Crippen LogP contribution is 2.07. The Kier molecular flexibility index (Phi) is 4.20. The number of aromatic amines is 1. The van der Waals surface area contributed by atoms with E-state index < -0.39 is 0 Å². The molecule has 1 N–H and O–H groups in total. The lowest BCUT2D eigenvalue weighted by atomic mass is 10.2. The lowest BCUT2D eigenvalue weighted by Crippen LogP contribution is -2.28. The van der Waals surface area contributed by atoms with E-state index in [-0.39, 0.29) is 22.8 Å². The molecular weight excluding hydrogens is 256 g/mol. The number of carbonyl (C=O) groups excluding carboxylic acids is 1. The van der Waals surface area contributed by atoms with E-state index in [9.17, 15) is 9.59 Å². The minimum Gasteiger partial charge on any atom is -0.491 e. The number of methoxy groups -OCH3 is 1. The second-order valence-electron chi connectivity index (χ2n) is 4.43. The fourth-order valence-electron chi connectivity index (χ4n) is 1.88. The number of amides is 1. The molecule has 0 bridgehead atoms. The molecule has 0 radical (unpaired) electrons. The van der Waals surface area contributed by atoms with Crippen molar-refractivity contribution in [1.29, 1.82) is 0 Å². The van der Waals surface area contributed by atoms with Crippen molar-refractivity contribution in [2.75, 3.05) is 14.2 Å². The molecule has 0 saturated heterocycles. The molecule has 0 spiro atoms. The van der Waals surface area contributed by atoms with E-state index in [4.69, 9.17) is 4.74 Å². The Labute approximate surface area is 116 Å². The molecule has 0 fully saturated rings. The third-order valence-corrected chi connectivity index (χ3v) is 2.94. The molecule has 0 aliphatic heterocycles. The first kappa shape index (κ1) is 13.9. The number of benzene rings is 1. The summed E-state index contributed by atoms with van der Waals surface area (Å²) >= 11 is 0. The van der Waals surface area contributed by atoms with Gasteiger partial charge in [0.05, 0.1) is 7.11 Å². The van der Waals surface area contributed by atoms with Crippen LogP contribution >= 0.6 is 0 Å². The van der Waals surface area contributed by atoms with Crippen LogP contribution in [0.15, 0.2) is 47.4 Å². The van der Waals surface area contributed by atoms with Gasteiger partial charge in [-0.1, -0.05) is 30.3 Å². The zero-order chi connectivity index (χ0) is 14.5. The topological polar surface area (TPSA) is 62.4 Å². The van der Waals surface area contributed by atoms with Gasteiger partial charge in [-0.3, -0.25) is 9.59 Å². The highest BCUT2D eigenvalue weighted by molar-refractivity contribution is 5.92. The maximum atomic E-state index is 12.2. The number of pyridine rings is 1. The van der Waals surface area contributed by atoms with Gasteiger partial charge in [0.15, 0.2) is 5.75 Å². The van der Waals surface area contributed by atoms with Crippen molar-refractivity contribution in [3.05, 3.63) is 64.1 Å². The Balaban J connectivity index is 2.14. The Bertz CT molecular complexity index is 650. The lowest BCUT2D eigenvalue weighted by molar-refractivity contribution is 0.0779. The van der Waals surface area contributed by atoms with E-state index in [1.807, 2.05) is 30.3 Å². The molecule has 0 atom stereocenters. The predicted molar refractivity (Wildman–Crippen MR) is 75.9 cm³/mol. The summed E-state index contributed by atoms with van der Waals surface area (Å²) in [4.78, 5) is 28.2. The van der Waals surface area contributed by atoms with E-state index in [1.165, 1.54) is 19.4 Å². The van der Waals surface area contributed by atoms with Crippen molar-refractivity contribution in [2.24, 2.45) is 0 Å². The first-order valence-corrected chi connectivity index (χ1v) is 6.18. The molecule has 0 aliphatic rings. The fourth-order valence-corrected chi connectivity index (χ4v) is 1.88. The molecule has 0 saturated carbocycles. The van der Waals surface area contributed by atoms with Gasteiger partial charge in [-0.15, -0.1) is 0 Å². The second kappa shape index (κ2) is 6.06. The van der Waals surface area contributed by atoms with Crippen molar-refractivity contribution >= 4 is 5.91 Å². The van der Waals surface area contributed by atoms with Gasteiger partial charge in [-0.25, -0.2) is 0 Å². The summed E-state index contributed by atoms with van der Waals surface area (Å²) in [5.74, 6) is -0.0548. The molecule has 104 valence electrons. The number of ether oxygens (including phenoxy) is 1. The van der Waals surface area contributed by atoms with E-state index in [0.717, 1.165) is 5.56 Å². The van der Waals surface area contributed by atoms with Crippen LogP contribution in [0.2, 0.25) is 0 Å². The maximum absolute atomic E-state index is 12.2. The second-order valence-corrected chi connectivity index (χ2v) is 4.43. The molecule has 1 aromatic carbocycles. The average Bonchev–Trinajstić information content (AvgIpc) is 2.47. The fraction of sp³-hybridized carbons (Fsp3) is 0.200. The molecule has 0 aliphatic carbocycles.